The summed E-state index contributed by atoms with van der Waals surface area (Å²) in [6.45, 7) is 4.25. The van der Waals surface area contributed by atoms with E-state index in [0.717, 1.165) is 16.3 Å². The third-order valence-electron chi connectivity index (χ3n) is 7.03. The number of carbonyl (C=O) groups is 3. The number of likely N-dealkylation sites (tertiary alicyclic amines) is 1. The molecule has 1 saturated heterocycles. The highest BCUT2D eigenvalue weighted by Crippen LogP contribution is 2.68. The third-order valence-corrected chi connectivity index (χ3v) is 9.84. The predicted molar refractivity (Wildman–Crippen MR) is 98.7 cm³/mol. The first kappa shape index (κ1) is 17.5. The van der Waals surface area contributed by atoms with Crippen LogP contribution in [0.1, 0.15) is 31.6 Å². The fraction of sp³-hybridized carbons (Fsp3) is 0.667. The Labute approximate surface area is 163 Å². The summed E-state index contributed by atoms with van der Waals surface area (Å²) in [4.78, 5) is 53.8. The van der Waals surface area contributed by atoms with Gasteiger partial charge in [0, 0.05) is 22.1 Å². The molecule has 2 N–H and O–H groups in total. The van der Waals surface area contributed by atoms with Crippen molar-refractivity contribution in [2.75, 3.05) is 6.54 Å². The van der Waals surface area contributed by atoms with Crippen LogP contribution in [0.3, 0.4) is 0 Å². The van der Waals surface area contributed by atoms with Crippen LogP contribution in [0.15, 0.2) is 9.82 Å². The number of fused-ring (bicyclic) bond motifs is 9. The number of nitrogens with zero attached hydrogens (tertiary/aromatic N) is 1. The minimum absolute atomic E-state index is 0.0357. The number of thioether (sulfide) groups is 1. The highest BCUT2D eigenvalue weighted by atomic mass is 32.2. The molecule has 2 aliphatic carbocycles. The maximum atomic E-state index is 13.0. The van der Waals surface area contributed by atoms with E-state index in [1.165, 1.54) is 16.2 Å². The Bertz CT molecular complexity index is 934. The molecular weight excluding hydrogens is 388 g/mol. The predicted octanol–water partition coefficient (Wildman–Crippen LogP) is 1.53. The molecule has 27 heavy (non-hydrogen) atoms. The van der Waals surface area contributed by atoms with Crippen molar-refractivity contribution in [3.63, 3.8) is 0 Å². The van der Waals surface area contributed by atoms with Crippen LogP contribution in [-0.2, 0) is 19.8 Å². The van der Waals surface area contributed by atoms with E-state index in [2.05, 4.69) is 18.8 Å². The molecule has 0 spiro atoms. The normalized spacial score (nSPS) is 38.1. The molecule has 144 valence electrons. The molecular formula is C18H20N2O5S2. The number of thiazole rings is 1. The monoisotopic (exact) mass is 408 g/mol. The maximum Gasteiger partial charge on any atom is 0.305 e. The number of aromatic amines is 1. The first-order chi connectivity index (χ1) is 12.7. The molecule has 4 aliphatic rings. The fourth-order valence-corrected chi connectivity index (χ4v) is 9.30. The summed E-state index contributed by atoms with van der Waals surface area (Å²) in [6.07, 6.45) is 0.655. The van der Waals surface area contributed by atoms with Gasteiger partial charge in [0.25, 0.3) is 0 Å². The second-order valence-electron chi connectivity index (χ2n) is 8.59. The smallest absolute Gasteiger partial charge is 0.305 e. The zero-order valence-corrected chi connectivity index (χ0v) is 16.6. The van der Waals surface area contributed by atoms with Gasteiger partial charge in [0.2, 0.25) is 11.8 Å². The number of carboxylic acids is 1. The van der Waals surface area contributed by atoms with Crippen LogP contribution >= 0.6 is 23.1 Å². The van der Waals surface area contributed by atoms with Crippen molar-refractivity contribution < 1.29 is 19.5 Å². The lowest BCUT2D eigenvalue weighted by Crippen LogP contribution is -2.48. The Morgan fingerprint density at radius 1 is 1.22 bits per heavy atom. The molecule has 6 atom stereocenters. The van der Waals surface area contributed by atoms with Crippen LogP contribution < -0.4 is 4.87 Å². The molecule has 2 amide bonds. The Morgan fingerprint density at radius 2 is 1.89 bits per heavy atom. The van der Waals surface area contributed by atoms with Gasteiger partial charge in [-0.05, 0) is 24.2 Å². The number of amides is 2. The Balaban J connectivity index is 1.51. The van der Waals surface area contributed by atoms with Crippen molar-refractivity contribution in [3.8, 4) is 0 Å². The SMILES string of the molecule is CC1(C)c2sc(=O)[nH]c2S[C@@H]2[C@@H]3C[C@H]([C@H]4C(=O)N(CCC(=O)O)C(=O)[C@H]34)[C@H]21. The number of imide groups is 1. The molecule has 0 unspecified atom stereocenters. The highest BCUT2D eigenvalue weighted by Gasteiger charge is 2.70. The molecule has 1 aromatic rings. The highest BCUT2D eigenvalue weighted by molar-refractivity contribution is 8.00. The van der Waals surface area contributed by atoms with Crippen molar-refractivity contribution in [3.05, 3.63) is 14.5 Å². The molecule has 2 saturated carbocycles. The Hall–Kier alpha value is -1.61. The van der Waals surface area contributed by atoms with E-state index in [1.54, 1.807) is 11.8 Å². The van der Waals surface area contributed by atoms with Gasteiger partial charge in [0.05, 0.1) is 23.3 Å². The fourth-order valence-electron chi connectivity index (χ4n) is 6.14. The van der Waals surface area contributed by atoms with Gasteiger partial charge in [0.15, 0.2) is 0 Å². The molecule has 1 aromatic heterocycles. The zero-order chi connectivity index (χ0) is 19.2. The van der Waals surface area contributed by atoms with Gasteiger partial charge in [-0.3, -0.25) is 24.1 Å². The molecule has 5 rings (SSSR count). The average Bonchev–Trinajstić information content (AvgIpc) is 3.28. The van der Waals surface area contributed by atoms with Crippen LogP contribution in [0.25, 0.3) is 0 Å². The molecule has 9 heteroatoms. The topological polar surface area (TPSA) is 108 Å². The van der Waals surface area contributed by atoms with E-state index in [4.69, 9.17) is 5.11 Å². The number of rotatable bonds is 3. The number of carboxylic acid groups (broad SMARTS) is 1. The molecule has 7 nitrogen and oxygen atoms in total. The van der Waals surface area contributed by atoms with Gasteiger partial charge >= 0.3 is 10.8 Å². The minimum atomic E-state index is -1.01. The Kier molecular flexibility index (Phi) is 3.54. The second-order valence-corrected chi connectivity index (χ2v) is 10.8. The number of hydrogen-bond donors (Lipinski definition) is 2. The summed E-state index contributed by atoms with van der Waals surface area (Å²) in [5.41, 5.74) is -0.225. The summed E-state index contributed by atoms with van der Waals surface area (Å²) in [5, 5.41) is 10.0. The maximum absolute atomic E-state index is 13.0. The van der Waals surface area contributed by atoms with Gasteiger partial charge in [-0.25, -0.2) is 0 Å². The quantitative estimate of drug-likeness (QED) is 0.735. The van der Waals surface area contributed by atoms with E-state index in [9.17, 15) is 19.2 Å². The van der Waals surface area contributed by atoms with Crippen LogP contribution in [0.2, 0.25) is 0 Å². The molecule has 2 bridgehead atoms. The van der Waals surface area contributed by atoms with E-state index < -0.39 is 5.97 Å². The van der Waals surface area contributed by atoms with Gasteiger partial charge in [-0.2, -0.15) is 0 Å². The van der Waals surface area contributed by atoms with Crippen molar-refractivity contribution in [1.82, 2.24) is 9.88 Å². The van der Waals surface area contributed by atoms with Gasteiger partial charge < -0.3 is 10.1 Å². The van der Waals surface area contributed by atoms with E-state index in [1.807, 2.05) is 0 Å². The molecule has 3 heterocycles. The lowest BCUT2D eigenvalue weighted by Gasteiger charge is -2.47. The van der Waals surface area contributed by atoms with Crippen LogP contribution in [-0.4, -0.2) is 44.6 Å². The molecule has 2 aliphatic heterocycles. The average molecular weight is 409 g/mol. The minimum Gasteiger partial charge on any atom is -0.481 e. The molecule has 0 radical (unpaired) electrons. The van der Waals surface area contributed by atoms with Crippen molar-refractivity contribution >= 4 is 40.9 Å². The largest absolute Gasteiger partial charge is 0.481 e. The van der Waals surface area contributed by atoms with Crippen LogP contribution in [0.4, 0.5) is 0 Å². The first-order valence-electron chi connectivity index (χ1n) is 9.19. The second kappa shape index (κ2) is 5.47. The van der Waals surface area contributed by atoms with Crippen molar-refractivity contribution in [1.29, 1.82) is 0 Å². The number of aliphatic carboxylic acids is 1. The van der Waals surface area contributed by atoms with Gasteiger partial charge in [-0.1, -0.05) is 25.2 Å². The number of carbonyl (C=O) groups excluding carboxylic acids is 2. The third kappa shape index (κ3) is 2.15. The first-order valence-corrected chi connectivity index (χ1v) is 10.9. The van der Waals surface area contributed by atoms with Crippen molar-refractivity contribution in [2.24, 2.45) is 29.6 Å². The van der Waals surface area contributed by atoms with Crippen molar-refractivity contribution in [2.45, 2.75) is 42.4 Å². The molecule has 0 aromatic carbocycles. The van der Waals surface area contributed by atoms with Gasteiger partial charge in [-0.15, -0.1) is 11.8 Å². The summed E-state index contributed by atoms with van der Waals surface area (Å²) in [6, 6.07) is 0. The van der Waals surface area contributed by atoms with E-state index in [-0.39, 0.29) is 69.9 Å². The van der Waals surface area contributed by atoms with Crippen LogP contribution in [0, 0.1) is 29.6 Å². The summed E-state index contributed by atoms with van der Waals surface area (Å²) in [7, 11) is 0. The summed E-state index contributed by atoms with van der Waals surface area (Å²) in [5.74, 6) is -1.58. The number of hydrogen-bond acceptors (Lipinski definition) is 6. The van der Waals surface area contributed by atoms with Gasteiger partial charge in [0.1, 0.15) is 0 Å². The lowest BCUT2D eigenvalue weighted by molar-refractivity contribution is -0.142. The van der Waals surface area contributed by atoms with Crippen LogP contribution in [0.5, 0.6) is 0 Å². The summed E-state index contributed by atoms with van der Waals surface area (Å²) < 4.78 is 0. The number of aromatic nitrogens is 1. The van der Waals surface area contributed by atoms with E-state index >= 15 is 0 Å². The number of nitrogens with one attached hydrogen (secondary N) is 1. The summed E-state index contributed by atoms with van der Waals surface area (Å²) >= 11 is 2.92. The lowest BCUT2D eigenvalue weighted by atomic mass is 9.64. The standard InChI is InChI=1S/C18H20N2O5S2/c1-18(2)11-6-5-7(12(11)26-14-13(18)27-17(25)19-14)10-9(6)15(23)20(16(10)24)4-3-8(21)22/h6-7,9-12H,3-5H2,1-2H3,(H,19,25)(H,21,22)/t6-,7-,9-,10-,11-,12-/m1/s1. The molecule has 3 fully saturated rings. The van der Waals surface area contributed by atoms with E-state index in [0.29, 0.717) is 0 Å². The zero-order valence-electron chi connectivity index (χ0n) is 14.9. The number of H-pyrrole nitrogens is 1. The Morgan fingerprint density at radius 3 is 2.56 bits per heavy atom.